The number of aryl methyl sites for hydroxylation is 1. The molecule has 2 aromatic heterocycles. The van der Waals surface area contributed by atoms with Crippen LogP contribution in [-0.2, 0) is 11.8 Å². The zero-order valence-corrected chi connectivity index (χ0v) is 11.9. The van der Waals surface area contributed by atoms with E-state index in [1.165, 1.54) is 0 Å². The van der Waals surface area contributed by atoms with E-state index in [9.17, 15) is 4.79 Å². The molecule has 0 spiro atoms. The van der Waals surface area contributed by atoms with Crippen molar-refractivity contribution in [2.45, 2.75) is 18.6 Å². The Hall–Kier alpha value is -1.86. The molecule has 0 aliphatic carbocycles. The topological polar surface area (TPSA) is 68.2 Å². The minimum Gasteiger partial charge on any atom is -0.371 e. The van der Waals surface area contributed by atoms with Crippen LogP contribution >= 0.6 is 11.3 Å². The summed E-state index contributed by atoms with van der Waals surface area (Å²) in [5.74, 6) is 0. The molecule has 2 amide bonds. The van der Waals surface area contributed by atoms with Gasteiger partial charge in [-0.25, -0.2) is 4.79 Å². The van der Waals surface area contributed by atoms with Crippen LogP contribution in [0.2, 0.25) is 0 Å². The van der Waals surface area contributed by atoms with E-state index >= 15 is 0 Å². The van der Waals surface area contributed by atoms with Gasteiger partial charge >= 0.3 is 6.03 Å². The first-order valence-electron chi connectivity index (χ1n) is 6.42. The fraction of sp³-hybridized carbons (Fsp3) is 0.385. The van der Waals surface area contributed by atoms with Crippen molar-refractivity contribution in [3.8, 4) is 0 Å². The second kappa shape index (κ2) is 5.64. The van der Waals surface area contributed by atoms with E-state index < -0.39 is 0 Å². The first-order chi connectivity index (χ1) is 9.72. The number of hydrogen-bond donors (Lipinski definition) is 2. The predicted octanol–water partition coefficient (Wildman–Crippen LogP) is 2.13. The van der Waals surface area contributed by atoms with Crippen molar-refractivity contribution in [2.75, 3.05) is 11.9 Å². The maximum Gasteiger partial charge on any atom is 0.319 e. The third-order valence-electron chi connectivity index (χ3n) is 3.24. The van der Waals surface area contributed by atoms with E-state index in [0.29, 0.717) is 6.61 Å². The van der Waals surface area contributed by atoms with E-state index in [1.54, 1.807) is 22.2 Å². The van der Waals surface area contributed by atoms with Gasteiger partial charge in [0.05, 0.1) is 17.9 Å². The number of hydrogen-bond acceptors (Lipinski definition) is 4. The van der Waals surface area contributed by atoms with Gasteiger partial charge in [-0.2, -0.15) is 16.4 Å². The van der Waals surface area contributed by atoms with Gasteiger partial charge in [-0.15, -0.1) is 0 Å². The molecule has 1 aliphatic rings. The maximum atomic E-state index is 12.0. The summed E-state index contributed by atoms with van der Waals surface area (Å²) in [5, 5.41) is 13.7. The molecule has 2 aromatic rings. The van der Waals surface area contributed by atoms with E-state index in [-0.39, 0.29) is 18.2 Å². The number of rotatable bonds is 3. The number of ether oxygens (including phenoxy) is 1. The highest BCUT2D eigenvalue weighted by atomic mass is 32.1. The number of nitrogens with one attached hydrogen (secondary N) is 2. The lowest BCUT2D eigenvalue weighted by Gasteiger charge is -2.18. The third kappa shape index (κ3) is 2.83. The molecule has 1 saturated heterocycles. The highest BCUT2D eigenvalue weighted by Gasteiger charge is 2.31. The number of carbonyl (C=O) groups is 1. The van der Waals surface area contributed by atoms with Gasteiger partial charge in [-0.3, -0.25) is 4.68 Å². The highest BCUT2D eigenvalue weighted by molar-refractivity contribution is 7.08. The van der Waals surface area contributed by atoms with E-state index in [4.69, 9.17) is 4.74 Å². The molecule has 0 saturated carbocycles. The fourth-order valence-corrected chi connectivity index (χ4v) is 2.91. The van der Waals surface area contributed by atoms with Crippen molar-refractivity contribution >= 4 is 23.1 Å². The van der Waals surface area contributed by atoms with Gasteiger partial charge in [0, 0.05) is 30.8 Å². The number of carbonyl (C=O) groups excluding carboxylic acids is 1. The first kappa shape index (κ1) is 13.1. The molecule has 0 aromatic carbocycles. The Morgan fingerprint density at radius 2 is 2.50 bits per heavy atom. The molecule has 106 valence electrons. The van der Waals surface area contributed by atoms with Crippen molar-refractivity contribution in [1.29, 1.82) is 0 Å². The van der Waals surface area contributed by atoms with Gasteiger partial charge in [0.25, 0.3) is 0 Å². The average molecular weight is 292 g/mol. The van der Waals surface area contributed by atoms with Crippen molar-refractivity contribution in [1.82, 2.24) is 15.1 Å². The summed E-state index contributed by atoms with van der Waals surface area (Å²) in [6.45, 7) is 0.642. The number of nitrogens with zero attached hydrogens (tertiary/aromatic N) is 2. The average Bonchev–Trinajstić information content (AvgIpc) is 3.11. The lowest BCUT2D eigenvalue weighted by atomic mass is 10.1. The Bertz CT molecular complexity index is 581. The van der Waals surface area contributed by atoms with Crippen LogP contribution in [0.15, 0.2) is 29.2 Å². The lowest BCUT2D eigenvalue weighted by molar-refractivity contribution is 0.100. The Morgan fingerprint density at radius 1 is 1.60 bits per heavy atom. The normalized spacial score (nSPS) is 21.9. The van der Waals surface area contributed by atoms with Crippen molar-refractivity contribution in [3.63, 3.8) is 0 Å². The summed E-state index contributed by atoms with van der Waals surface area (Å²) in [7, 11) is 1.87. The zero-order valence-electron chi connectivity index (χ0n) is 11.1. The van der Waals surface area contributed by atoms with Crippen molar-refractivity contribution in [3.05, 3.63) is 34.8 Å². The molecule has 1 fully saturated rings. The first-order valence-corrected chi connectivity index (χ1v) is 7.36. The lowest BCUT2D eigenvalue weighted by Crippen LogP contribution is -2.39. The smallest absolute Gasteiger partial charge is 0.319 e. The molecule has 6 nitrogen and oxygen atoms in total. The quantitative estimate of drug-likeness (QED) is 0.910. The molecular weight excluding hydrogens is 276 g/mol. The summed E-state index contributed by atoms with van der Waals surface area (Å²) >= 11 is 1.55. The van der Waals surface area contributed by atoms with Crippen LogP contribution in [0.1, 0.15) is 18.1 Å². The van der Waals surface area contributed by atoms with Gasteiger partial charge in [0.2, 0.25) is 0 Å². The van der Waals surface area contributed by atoms with E-state index in [2.05, 4.69) is 15.7 Å². The standard InChI is InChI=1S/C13H16N4O2S/c1-17-7-9(6-14-17)12-11(2-4-19-12)16-13(18)15-10-3-5-20-8-10/h3,5-8,11-12H,2,4H2,1H3,(H2,15,16,18)/t11-,12+/m0/s1. The second-order valence-corrected chi connectivity index (χ2v) is 5.52. The number of urea groups is 1. The zero-order chi connectivity index (χ0) is 13.9. The Morgan fingerprint density at radius 3 is 3.20 bits per heavy atom. The SMILES string of the molecule is Cn1cc([C@H]2OCC[C@@H]2NC(=O)Nc2ccsc2)cn1. The van der Waals surface area contributed by atoms with Crippen LogP contribution in [0.5, 0.6) is 0 Å². The minimum absolute atomic E-state index is 0.0298. The molecule has 0 bridgehead atoms. The molecule has 7 heteroatoms. The molecule has 1 aliphatic heterocycles. The van der Waals surface area contributed by atoms with Crippen LogP contribution in [0.4, 0.5) is 10.5 Å². The summed E-state index contributed by atoms with van der Waals surface area (Å²) in [5.41, 5.74) is 1.80. The van der Waals surface area contributed by atoms with Crippen LogP contribution in [0.25, 0.3) is 0 Å². The molecular formula is C13H16N4O2S. The van der Waals surface area contributed by atoms with E-state index in [1.807, 2.05) is 30.1 Å². The van der Waals surface area contributed by atoms with Gasteiger partial charge in [0.15, 0.2) is 0 Å². The van der Waals surface area contributed by atoms with Gasteiger partial charge in [0.1, 0.15) is 6.10 Å². The van der Waals surface area contributed by atoms with Crippen LogP contribution in [0, 0.1) is 0 Å². The van der Waals surface area contributed by atoms with Crippen LogP contribution in [-0.4, -0.2) is 28.5 Å². The number of aromatic nitrogens is 2. The van der Waals surface area contributed by atoms with E-state index in [0.717, 1.165) is 17.7 Å². The Labute approximate surface area is 120 Å². The van der Waals surface area contributed by atoms with Crippen LogP contribution in [0.3, 0.4) is 0 Å². The largest absolute Gasteiger partial charge is 0.371 e. The van der Waals surface area contributed by atoms with Gasteiger partial charge in [-0.1, -0.05) is 0 Å². The molecule has 2 atom stereocenters. The highest BCUT2D eigenvalue weighted by Crippen LogP contribution is 2.28. The van der Waals surface area contributed by atoms with Crippen molar-refractivity contribution in [2.24, 2.45) is 7.05 Å². The summed E-state index contributed by atoms with van der Waals surface area (Å²) in [6, 6.07) is 1.64. The Kier molecular flexibility index (Phi) is 3.70. The summed E-state index contributed by atoms with van der Waals surface area (Å²) in [6.07, 6.45) is 4.37. The number of anilines is 1. The molecule has 3 rings (SSSR count). The summed E-state index contributed by atoms with van der Waals surface area (Å²) < 4.78 is 7.44. The molecule has 2 N–H and O–H groups in total. The summed E-state index contributed by atoms with van der Waals surface area (Å²) in [4.78, 5) is 12.0. The molecule has 3 heterocycles. The van der Waals surface area contributed by atoms with Gasteiger partial charge in [-0.05, 0) is 17.9 Å². The van der Waals surface area contributed by atoms with Gasteiger partial charge < -0.3 is 15.4 Å². The fourth-order valence-electron chi connectivity index (χ4n) is 2.32. The second-order valence-electron chi connectivity index (χ2n) is 4.74. The molecule has 0 unspecified atom stereocenters. The maximum absolute atomic E-state index is 12.0. The Balaban J connectivity index is 1.62. The minimum atomic E-state index is -0.201. The predicted molar refractivity (Wildman–Crippen MR) is 76.8 cm³/mol. The third-order valence-corrected chi connectivity index (χ3v) is 3.92. The molecule has 0 radical (unpaired) electrons. The monoisotopic (exact) mass is 292 g/mol. The number of amides is 2. The number of thiophene rings is 1. The van der Waals surface area contributed by atoms with Crippen molar-refractivity contribution < 1.29 is 9.53 Å². The molecule has 20 heavy (non-hydrogen) atoms. The van der Waals surface area contributed by atoms with Crippen LogP contribution < -0.4 is 10.6 Å².